The minimum absolute atomic E-state index is 0.259. The van der Waals surface area contributed by atoms with E-state index >= 15 is 0 Å². The lowest BCUT2D eigenvalue weighted by Crippen LogP contribution is -2.33. The molecule has 0 aliphatic carbocycles. The van der Waals surface area contributed by atoms with Gasteiger partial charge in [0.15, 0.2) is 0 Å². The molecule has 8 heteroatoms. The fourth-order valence-corrected chi connectivity index (χ4v) is 1.98. The van der Waals surface area contributed by atoms with Crippen LogP contribution in [0.15, 0.2) is 20.9 Å². The first-order valence-corrected chi connectivity index (χ1v) is 5.54. The van der Waals surface area contributed by atoms with Gasteiger partial charge in [-0.3, -0.25) is 14.3 Å². The van der Waals surface area contributed by atoms with E-state index in [0.717, 1.165) is 0 Å². The molecule has 2 heterocycles. The Bertz CT molecular complexity index is 613. The monoisotopic (exact) mass is 251 g/mol. The highest BCUT2D eigenvalue weighted by atomic mass is 16.5. The molecule has 0 bridgehead atoms. The van der Waals surface area contributed by atoms with E-state index in [1.165, 1.54) is 10.8 Å². The number of hydrogen-bond acceptors (Lipinski definition) is 4. The van der Waals surface area contributed by atoms with Crippen LogP contribution in [0.2, 0.25) is 0 Å². The van der Waals surface area contributed by atoms with E-state index in [-0.39, 0.29) is 12.1 Å². The number of azide groups is 1. The SMILES string of the molecule is Cc1cn([C@@H]2C[C@H](N=[N+]=[N-])[C@H](C)O2)c(=O)[nH]c1=O. The molecule has 0 unspecified atom stereocenters. The number of nitrogens with zero attached hydrogens (tertiary/aromatic N) is 4. The maximum atomic E-state index is 11.7. The van der Waals surface area contributed by atoms with E-state index in [9.17, 15) is 9.59 Å². The molecule has 96 valence electrons. The molecule has 0 radical (unpaired) electrons. The number of rotatable bonds is 2. The Morgan fingerprint density at radius 2 is 2.33 bits per heavy atom. The number of ether oxygens (including phenoxy) is 1. The van der Waals surface area contributed by atoms with Crippen molar-refractivity contribution in [1.29, 1.82) is 0 Å². The van der Waals surface area contributed by atoms with Crippen LogP contribution in [0.4, 0.5) is 0 Å². The number of aryl methyl sites for hydroxylation is 1. The summed E-state index contributed by atoms with van der Waals surface area (Å²) in [5, 5.41) is 3.62. The third-order valence-electron chi connectivity index (χ3n) is 3.01. The zero-order chi connectivity index (χ0) is 13.3. The number of aromatic amines is 1. The van der Waals surface area contributed by atoms with Crippen LogP contribution in [-0.2, 0) is 4.74 Å². The average Bonchev–Trinajstić information content (AvgIpc) is 2.66. The summed E-state index contributed by atoms with van der Waals surface area (Å²) >= 11 is 0. The standard InChI is InChI=1S/C10H13N5O3/c1-5-4-15(10(17)12-9(5)16)8-3-7(13-14-11)6(2)18-8/h4,6-8H,3H2,1-2H3,(H,12,16,17)/t6-,7-,8-/m0/s1. The van der Waals surface area contributed by atoms with Crippen molar-refractivity contribution in [1.82, 2.24) is 9.55 Å². The van der Waals surface area contributed by atoms with Gasteiger partial charge in [-0.2, -0.15) is 0 Å². The molecule has 0 spiro atoms. The zero-order valence-corrected chi connectivity index (χ0v) is 10.0. The largest absolute Gasteiger partial charge is 0.354 e. The first kappa shape index (κ1) is 12.4. The Kier molecular flexibility index (Phi) is 3.22. The van der Waals surface area contributed by atoms with E-state index in [2.05, 4.69) is 15.0 Å². The topological polar surface area (TPSA) is 113 Å². The Hall–Kier alpha value is -2.05. The summed E-state index contributed by atoms with van der Waals surface area (Å²) in [6.45, 7) is 3.39. The number of nitrogens with one attached hydrogen (secondary N) is 1. The summed E-state index contributed by atoms with van der Waals surface area (Å²) in [5.41, 5.74) is 7.92. The molecule has 1 saturated heterocycles. The Balaban J connectivity index is 2.35. The van der Waals surface area contributed by atoms with E-state index in [1.807, 2.05) is 0 Å². The molecule has 1 aliphatic rings. The lowest BCUT2D eigenvalue weighted by atomic mass is 10.1. The van der Waals surface area contributed by atoms with Gasteiger partial charge in [0.1, 0.15) is 6.23 Å². The fraction of sp³-hybridized carbons (Fsp3) is 0.600. The van der Waals surface area contributed by atoms with Crippen LogP contribution in [0.5, 0.6) is 0 Å². The van der Waals surface area contributed by atoms with Crippen LogP contribution >= 0.6 is 0 Å². The van der Waals surface area contributed by atoms with Gasteiger partial charge in [-0.25, -0.2) is 4.79 Å². The number of H-pyrrole nitrogens is 1. The highest BCUT2D eigenvalue weighted by Gasteiger charge is 2.33. The molecule has 1 aromatic rings. The third kappa shape index (κ3) is 2.15. The quantitative estimate of drug-likeness (QED) is 0.477. The van der Waals surface area contributed by atoms with Gasteiger partial charge in [-0.15, -0.1) is 0 Å². The second-order valence-corrected chi connectivity index (χ2v) is 4.28. The molecule has 0 aromatic carbocycles. The molecule has 1 aliphatic heterocycles. The van der Waals surface area contributed by atoms with Gasteiger partial charge < -0.3 is 4.74 Å². The molecule has 3 atom stereocenters. The predicted octanol–water partition coefficient (Wildman–Crippen LogP) is 0.831. The van der Waals surface area contributed by atoms with Crippen LogP contribution in [0, 0.1) is 6.92 Å². The molecule has 2 rings (SSSR count). The van der Waals surface area contributed by atoms with E-state index in [0.29, 0.717) is 12.0 Å². The Morgan fingerprint density at radius 1 is 1.61 bits per heavy atom. The van der Waals surface area contributed by atoms with Crippen LogP contribution in [0.25, 0.3) is 10.4 Å². The van der Waals surface area contributed by atoms with Gasteiger partial charge in [-0.05, 0) is 19.4 Å². The molecule has 0 saturated carbocycles. The zero-order valence-electron chi connectivity index (χ0n) is 10.0. The van der Waals surface area contributed by atoms with Gasteiger partial charge in [0.05, 0.1) is 12.1 Å². The first-order chi connectivity index (χ1) is 8.52. The lowest BCUT2D eigenvalue weighted by Gasteiger charge is -2.13. The predicted molar refractivity (Wildman–Crippen MR) is 63.2 cm³/mol. The van der Waals surface area contributed by atoms with E-state index < -0.39 is 17.5 Å². The molecule has 1 aromatic heterocycles. The van der Waals surface area contributed by atoms with Crippen LogP contribution < -0.4 is 11.2 Å². The summed E-state index contributed by atoms with van der Waals surface area (Å²) < 4.78 is 6.88. The Labute approximate surface area is 102 Å². The fourth-order valence-electron chi connectivity index (χ4n) is 1.98. The van der Waals surface area contributed by atoms with E-state index in [4.69, 9.17) is 10.3 Å². The minimum atomic E-state index is -0.524. The summed E-state index contributed by atoms with van der Waals surface area (Å²) in [7, 11) is 0. The van der Waals surface area contributed by atoms with Gasteiger partial charge >= 0.3 is 5.69 Å². The van der Waals surface area contributed by atoms with Crippen molar-refractivity contribution in [2.45, 2.75) is 38.6 Å². The first-order valence-electron chi connectivity index (χ1n) is 5.54. The van der Waals surface area contributed by atoms with E-state index in [1.54, 1.807) is 13.8 Å². The van der Waals surface area contributed by atoms with Crippen molar-refractivity contribution in [2.24, 2.45) is 5.11 Å². The lowest BCUT2D eigenvalue weighted by molar-refractivity contribution is 0.00601. The maximum Gasteiger partial charge on any atom is 0.330 e. The van der Waals surface area contributed by atoms with Crippen molar-refractivity contribution >= 4 is 0 Å². The van der Waals surface area contributed by atoms with Gasteiger partial charge in [0.2, 0.25) is 0 Å². The summed E-state index contributed by atoms with van der Waals surface area (Å²) in [6.07, 6.45) is 1.09. The van der Waals surface area contributed by atoms with Crippen molar-refractivity contribution < 1.29 is 4.74 Å². The molecular formula is C10H13N5O3. The second-order valence-electron chi connectivity index (χ2n) is 4.28. The normalized spacial score (nSPS) is 26.9. The molecule has 0 amide bonds. The van der Waals surface area contributed by atoms with Crippen molar-refractivity contribution in [3.63, 3.8) is 0 Å². The molecule has 18 heavy (non-hydrogen) atoms. The maximum absolute atomic E-state index is 11.7. The second kappa shape index (κ2) is 4.67. The van der Waals surface area contributed by atoms with Gasteiger partial charge in [0.25, 0.3) is 5.56 Å². The van der Waals surface area contributed by atoms with Gasteiger partial charge in [0, 0.05) is 23.1 Å². The van der Waals surface area contributed by atoms with Crippen molar-refractivity contribution in [3.8, 4) is 0 Å². The third-order valence-corrected chi connectivity index (χ3v) is 3.01. The smallest absolute Gasteiger partial charge is 0.330 e. The van der Waals surface area contributed by atoms with Crippen LogP contribution in [0.1, 0.15) is 25.1 Å². The summed E-state index contributed by atoms with van der Waals surface area (Å²) in [4.78, 5) is 27.9. The average molecular weight is 251 g/mol. The molecule has 8 nitrogen and oxygen atoms in total. The highest BCUT2D eigenvalue weighted by Crippen LogP contribution is 2.29. The highest BCUT2D eigenvalue weighted by molar-refractivity contribution is 5.02. The van der Waals surface area contributed by atoms with Crippen LogP contribution in [0.3, 0.4) is 0 Å². The van der Waals surface area contributed by atoms with Crippen LogP contribution in [-0.4, -0.2) is 21.7 Å². The molecule has 1 fully saturated rings. The number of hydrogen-bond donors (Lipinski definition) is 1. The number of aromatic nitrogens is 2. The van der Waals surface area contributed by atoms with Gasteiger partial charge in [-0.1, -0.05) is 5.11 Å². The summed E-state index contributed by atoms with van der Waals surface area (Å²) in [6, 6.07) is -0.306. The minimum Gasteiger partial charge on any atom is -0.354 e. The molecule has 1 N–H and O–H groups in total. The van der Waals surface area contributed by atoms with Crippen molar-refractivity contribution in [3.05, 3.63) is 43.0 Å². The molecular weight excluding hydrogens is 238 g/mol. The van der Waals surface area contributed by atoms with Crippen molar-refractivity contribution in [2.75, 3.05) is 0 Å². The summed E-state index contributed by atoms with van der Waals surface area (Å²) in [5.74, 6) is 0. The Morgan fingerprint density at radius 3 is 3.00 bits per heavy atom.